The zero-order chi connectivity index (χ0) is 17.9. The van der Waals surface area contributed by atoms with Gasteiger partial charge >= 0.3 is 0 Å². The molecule has 3 rings (SSSR count). The summed E-state index contributed by atoms with van der Waals surface area (Å²) >= 11 is 0. The number of aromatic nitrogens is 4. The zero-order valence-electron chi connectivity index (χ0n) is 14.2. The Morgan fingerprint density at radius 2 is 1.92 bits per heavy atom. The molecule has 1 unspecified atom stereocenters. The van der Waals surface area contributed by atoms with E-state index in [9.17, 15) is 8.42 Å². The number of nitrogens with zero attached hydrogens (tertiary/aromatic N) is 4. The standard InChI is InChI=1S/C17H21N5O2S/c1-3-21-13-19-20-17(21)14(2)18-12-15-8-7-11-22(15)25(23,24)16-9-5-4-6-10-16/h4-11,13-14,18H,3,12H2,1-2H3. The summed E-state index contributed by atoms with van der Waals surface area (Å²) in [4.78, 5) is 0.270. The third kappa shape index (κ3) is 3.49. The van der Waals surface area contributed by atoms with E-state index in [0.717, 1.165) is 12.4 Å². The number of benzene rings is 1. The Morgan fingerprint density at radius 1 is 1.16 bits per heavy atom. The summed E-state index contributed by atoms with van der Waals surface area (Å²) in [6.45, 7) is 5.19. The Bertz CT molecular complexity index is 931. The molecule has 1 N–H and O–H groups in total. The van der Waals surface area contributed by atoms with Crippen molar-refractivity contribution in [3.05, 3.63) is 66.5 Å². The van der Waals surface area contributed by atoms with E-state index in [1.165, 1.54) is 3.97 Å². The topological polar surface area (TPSA) is 81.8 Å². The van der Waals surface area contributed by atoms with Crippen molar-refractivity contribution in [1.29, 1.82) is 0 Å². The molecule has 2 heterocycles. The Morgan fingerprint density at radius 3 is 2.64 bits per heavy atom. The largest absolute Gasteiger partial charge is 0.317 e. The van der Waals surface area contributed by atoms with Gasteiger partial charge in [-0.25, -0.2) is 12.4 Å². The van der Waals surface area contributed by atoms with Crippen LogP contribution in [0.1, 0.15) is 31.4 Å². The van der Waals surface area contributed by atoms with Gasteiger partial charge in [0.1, 0.15) is 12.2 Å². The SMILES string of the molecule is CCn1cnnc1C(C)NCc1cccn1S(=O)(=O)c1ccccc1. The summed E-state index contributed by atoms with van der Waals surface area (Å²) in [5.41, 5.74) is 0.665. The molecular weight excluding hydrogens is 338 g/mol. The van der Waals surface area contributed by atoms with Crippen LogP contribution >= 0.6 is 0 Å². The zero-order valence-corrected chi connectivity index (χ0v) is 15.0. The van der Waals surface area contributed by atoms with Gasteiger partial charge in [0.2, 0.25) is 0 Å². The van der Waals surface area contributed by atoms with E-state index < -0.39 is 10.0 Å². The first-order valence-electron chi connectivity index (χ1n) is 8.12. The highest BCUT2D eigenvalue weighted by Gasteiger charge is 2.19. The predicted octanol–water partition coefficient (Wildman–Crippen LogP) is 2.19. The van der Waals surface area contributed by atoms with Crippen molar-refractivity contribution >= 4 is 10.0 Å². The summed E-state index contributed by atoms with van der Waals surface area (Å²) in [7, 11) is -3.60. The molecular formula is C17H21N5O2S. The van der Waals surface area contributed by atoms with Crippen molar-refractivity contribution in [2.24, 2.45) is 0 Å². The molecule has 0 aliphatic carbocycles. The van der Waals surface area contributed by atoms with Crippen LogP contribution in [0.4, 0.5) is 0 Å². The highest BCUT2D eigenvalue weighted by Crippen LogP contribution is 2.17. The summed E-state index contributed by atoms with van der Waals surface area (Å²) in [5.74, 6) is 0.825. The Kier molecular flexibility index (Phi) is 5.00. The van der Waals surface area contributed by atoms with Gasteiger partial charge in [0.15, 0.2) is 0 Å². The van der Waals surface area contributed by atoms with Crippen LogP contribution in [0.5, 0.6) is 0 Å². The first kappa shape index (κ1) is 17.4. The molecule has 0 spiro atoms. The third-order valence-corrected chi connectivity index (χ3v) is 5.80. The molecule has 0 saturated heterocycles. The minimum absolute atomic E-state index is 0.0507. The number of rotatable bonds is 7. The molecule has 7 nitrogen and oxygen atoms in total. The van der Waals surface area contributed by atoms with Gasteiger partial charge in [-0.15, -0.1) is 10.2 Å². The molecule has 1 aromatic carbocycles. The fraction of sp³-hybridized carbons (Fsp3) is 0.294. The van der Waals surface area contributed by atoms with Crippen molar-refractivity contribution in [3.63, 3.8) is 0 Å². The average Bonchev–Trinajstić information content (AvgIpc) is 3.29. The Hall–Kier alpha value is -2.45. The Labute approximate surface area is 147 Å². The highest BCUT2D eigenvalue weighted by molar-refractivity contribution is 7.90. The molecule has 1 atom stereocenters. The molecule has 2 aromatic heterocycles. The summed E-state index contributed by atoms with van der Waals surface area (Å²) in [6, 6.07) is 11.9. The summed E-state index contributed by atoms with van der Waals surface area (Å²) in [5, 5.41) is 11.4. The van der Waals surface area contributed by atoms with E-state index in [1.54, 1.807) is 55.0 Å². The molecule has 0 bridgehead atoms. The highest BCUT2D eigenvalue weighted by atomic mass is 32.2. The van der Waals surface area contributed by atoms with E-state index in [4.69, 9.17) is 0 Å². The van der Waals surface area contributed by atoms with Crippen LogP contribution in [0, 0.1) is 0 Å². The minimum Gasteiger partial charge on any atom is -0.317 e. The molecule has 0 amide bonds. The van der Waals surface area contributed by atoms with Crippen LogP contribution in [-0.2, 0) is 23.1 Å². The Balaban J connectivity index is 1.79. The molecule has 0 fully saturated rings. The van der Waals surface area contributed by atoms with Gasteiger partial charge in [-0.05, 0) is 38.1 Å². The monoisotopic (exact) mass is 359 g/mol. The lowest BCUT2D eigenvalue weighted by Crippen LogP contribution is -2.24. The van der Waals surface area contributed by atoms with E-state index in [0.29, 0.717) is 12.2 Å². The van der Waals surface area contributed by atoms with Crippen LogP contribution in [0.25, 0.3) is 0 Å². The van der Waals surface area contributed by atoms with Crippen molar-refractivity contribution in [2.75, 3.05) is 0 Å². The fourth-order valence-electron chi connectivity index (χ4n) is 2.67. The van der Waals surface area contributed by atoms with Crippen molar-refractivity contribution in [1.82, 2.24) is 24.1 Å². The maximum atomic E-state index is 12.8. The van der Waals surface area contributed by atoms with Gasteiger partial charge in [0.05, 0.1) is 10.9 Å². The second-order valence-corrected chi connectivity index (χ2v) is 7.51. The normalized spacial score (nSPS) is 13.0. The summed E-state index contributed by atoms with van der Waals surface area (Å²) in [6.07, 6.45) is 3.26. The average molecular weight is 359 g/mol. The van der Waals surface area contributed by atoms with Crippen molar-refractivity contribution < 1.29 is 8.42 Å². The summed E-state index contributed by atoms with van der Waals surface area (Å²) < 4.78 is 28.9. The van der Waals surface area contributed by atoms with Gasteiger partial charge in [0, 0.05) is 25.0 Å². The van der Waals surface area contributed by atoms with Crippen molar-refractivity contribution in [2.45, 2.75) is 37.9 Å². The lowest BCUT2D eigenvalue weighted by atomic mass is 10.3. The molecule has 0 radical (unpaired) electrons. The maximum Gasteiger partial charge on any atom is 0.267 e. The number of nitrogens with one attached hydrogen (secondary N) is 1. The van der Waals surface area contributed by atoms with Crippen LogP contribution in [0.3, 0.4) is 0 Å². The van der Waals surface area contributed by atoms with Gasteiger partial charge in [0.25, 0.3) is 10.0 Å². The van der Waals surface area contributed by atoms with E-state index >= 15 is 0 Å². The van der Waals surface area contributed by atoms with Crippen LogP contribution in [0.2, 0.25) is 0 Å². The van der Waals surface area contributed by atoms with Gasteiger partial charge in [-0.1, -0.05) is 18.2 Å². The van der Waals surface area contributed by atoms with E-state index in [-0.39, 0.29) is 10.9 Å². The predicted molar refractivity (Wildman–Crippen MR) is 94.4 cm³/mol. The number of aryl methyl sites for hydroxylation is 1. The van der Waals surface area contributed by atoms with E-state index in [1.807, 2.05) is 18.4 Å². The number of hydrogen-bond donors (Lipinski definition) is 1. The fourth-order valence-corrected chi connectivity index (χ4v) is 4.06. The van der Waals surface area contributed by atoms with Gasteiger partial charge in [-0.3, -0.25) is 0 Å². The molecule has 0 saturated carbocycles. The van der Waals surface area contributed by atoms with Crippen molar-refractivity contribution in [3.8, 4) is 0 Å². The number of hydrogen-bond acceptors (Lipinski definition) is 5. The lowest BCUT2D eigenvalue weighted by molar-refractivity contribution is 0.509. The molecule has 0 aliphatic heterocycles. The first-order valence-corrected chi connectivity index (χ1v) is 9.56. The molecule has 25 heavy (non-hydrogen) atoms. The molecule has 132 valence electrons. The van der Waals surface area contributed by atoms with Crippen LogP contribution in [0.15, 0.2) is 59.9 Å². The third-order valence-electron chi connectivity index (χ3n) is 4.06. The second-order valence-electron chi connectivity index (χ2n) is 5.69. The van der Waals surface area contributed by atoms with Crippen LogP contribution < -0.4 is 5.32 Å². The maximum absolute atomic E-state index is 12.8. The van der Waals surface area contributed by atoms with Gasteiger partial charge < -0.3 is 9.88 Å². The first-order chi connectivity index (χ1) is 12.0. The smallest absolute Gasteiger partial charge is 0.267 e. The quantitative estimate of drug-likeness (QED) is 0.699. The van der Waals surface area contributed by atoms with E-state index in [2.05, 4.69) is 15.5 Å². The van der Waals surface area contributed by atoms with Gasteiger partial charge in [-0.2, -0.15) is 0 Å². The lowest BCUT2D eigenvalue weighted by Gasteiger charge is -2.15. The molecule has 3 aromatic rings. The second kappa shape index (κ2) is 7.20. The molecule has 0 aliphatic rings. The minimum atomic E-state index is -3.60. The molecule has 8 heteroatoms. The van der Waals surface area contributed by atoms with Crippen LogP contribution in [-0.4, -0.2) is 27.2 Å².